The molecular weight excluding hydrogens is 433 g/mol. The number of carbonyl (C=O) groups is 2. The Bertz CT molecular complexity index is 1080. The highest BCUT2D eigenvalue weighted by atomic mass is 32.2. The van der Waals surface area contributed by atoms with Crippen molar-refractivity contribution in [2.24, 2.45) is 0 Å². The van der Waals surface area contributed by atoms with Crippen molar-refractivity contribution in [3.05, 3.63) is 48.3 Å². The van der Waals surface area contributed by atoms with Gasteiger partial charge in [0.15, 0.2) is 15.8 Å². The van der Waals surface area contributed by atoms with Gasteiger partial charge in [0.05, 0.1) is 5.75 Å². The van der Waals surface area contributed by atoms with E-state index in [0.717, 1.165) is 11.3 Å². The quantitative estimate of drug-likeness (QED) is 0.389. The van der Waals surface area contributed by atoms with E-state index in [1.54, 1.807) is 18.2 Å². The summed E-state index contributed by atoms with van der Waals surface area (Å²) in [6, 6.07) is 9.97. The Morgan fingerprint density at radius 2 is 1.77 bits per heavy atom. The van der Waals surface area contributed by atoms with Gasteiger partial charge in [0.2, 0.25) is 17.8 Å². The molecule has 12 heteroatoms. The molecule has 0 unspecified atom stereocenters. The largest absolute Gasteiger partial charge is 0.454 e. The van der Waals surface area contributed by atoms with E-state index in [1.807, 2.05) is 0 Å². The number of rotatable bonds is 6. The van der Waals surface area contributed by atoms with E-state index in [0.29, 0.717) is 27.2 Å². The van der Waals surface area contributed by atoms with Gasteiger partial charge in [-0.1, -0.05) is 23.1 Å². The number of fused-ring (bicyclic) bond motifs is 1. The lowest BCUT2D eigenvalue weighted by Crippen LogP contribution is -2.19. The van der Waals surface area contributed by atoms with Gasteiger partial charge < -0.3 is 20.1 Å². The maximum atomic E-state index is 12.9. The third-order valence-corrected chi connectivity index (χ3v) is 5.68. The molecular formula is C18H14FN5O4S2. The smallest absolute Gasteiger partial charge is 0.325 e. The summed E-state index contributed by atoms with van der Waals surface area (Å²) in [7, 11) is 0. The van der Waals surface area contributed by atoms with Gasteiger partial charge in [-0.25, -0.2) is 9.18 Å². The number of nitrogens with zero attached hydrogens (tertiary/aromatic N) is 2. The van der Waals surface area contributed by atoms with E-state index in [9.17, 15) is 14.0 Å². The highest BCUT2D eigenvalue weighted by molar-refractivity contribution is 8.01. The minimum atomic E-state index is -0.533. The second kappa shape index (κ2) is 8.97. The first-order valence-corrected chi connectivity index (χ1v) is 10.3. The molecule has 3 N–H and O–H groups in total. The molecule has 0 atom stereocenters. The van der Waals surface area contributed by atoms with E-state index in [4.69, 9.17) is 9.47 Å². The Morgan fingerprint density at radius 1 is 1.00 bits per heavy atom. The fourth-order valence-corrected chi connectivity index (χ4v) is 3.96. The average molecular weight is 447 g/mol. The van der Waals surface area contributed by atoms with Gasteiger partial charge >= 0.3 is 6.03 Å². The molecule has 3 aromatic rings. The van der Waals surface area contributed by atoms with E-state index in [-0.39, 0.29) is 23.6 Å². The first-order chi connectivity index (χ1) is 14.5. The zero-order valence-corrected chi connectivity index (χ0v) is 16.8. The predicted octanol–water partition coefficient (Wildman–Crippen LogP) is 3.78. The van der Waals surface area contributed by atoms with Gasteiger partial charge in [-0.3, -0.25) is 10.1 Å². The number of hydrogen-bond acceptors (Lipinski definition) is 8. The number of amides is 3. The molecule has 2 heterocycles. The second-order valence-electron chi connectivity index (χ2n) is 5.86. The lowest BCUT2D eigenvalue weighted by molar-refractivity contribution is -0.113. The average Bonchev–Trinajstić information content (AvgIpc) is 3.37. The minimum absolute atomic E-state index is 0.116. The molecule has 154 valence electrons. The van der Waals surface area contributed by atoms with Crippen molar-refractivity contribution in [3.63, 3.8) is 0 Å². The molecule has 0 spiro atoms. The predicted molar refractivity (Wildman–Crippen MR) is 111 cm³/mol. The third kappa shape index (κ3) is 5.15. The minimum Gasteiger partial charge on any atom is -0.454 e. The van der Waals surface area contributed by atoms with E-state index in [1.165, 1.54) is 36.0 Å². The molecule has 9 nitrogen and oxygen atoms in total. The molecule has 1 aliphatic rings. The number of ether oxygens (including phenoxy) is 2. The number of urea groups is 1. The van der Waals surface area contributed by atoms with Crippen LogP contribution in [0.4, 0.5) is 25.7 Å². The van der Waals surface area contributed by atoms with Crippen LogP contribution in [-0.2, 0) is 4.79 Å². The van der Waals surface area contributed by atoms with Gasteiger partial charge in [0.1, 0.15) is 5.82 Å². The zero-order valence-electron chi connectivity index (χ0n) is 15.2. The maximum Gasteiger partial charge on any atom is 0.325 e. The molecule has 0 saturated carbocycles. The van der Waals surface area contributed by atoms with Gasteiger partial charge in [0.25, 0.3) is 0 Å². The van der Waals surface area contributed by atoms with Crippen LogP contribution in [0.15, 0.2) is 46.8 Å². The number of thioether (sulfide) groups is 1. The monoisotopic (exact) mass is 447 g/mol. The lowest BCUT2D eigenvalue weighted by Gasteiger charge is -2.05. The molecule has 1 aliphatic heterocycles. The van der Waals surface area contributed by atoms with Gasteiger partial charge in [-0.2, -0.15) is 0 Å². The highest BCUT2D eigenvalue weighted by Gasteiger charge is 2.15. The zero-order chi connectivity index (χ0) is 20.9. The SMILES string of the molecule is O=C(CSc1nnc(NC(=O)Nc2ccc(F)cc2)s1)Nc1ccc2c(c1)OCO2. The number of aromatic nitrogens is 2. The Balaban J connectivity index is 1.24. The second-order valence-corrected chi connectivity index (χ2v) is 8.06. The third-order valence-electron chi connectivity index (χ3n) is 3.71. The molecule has 0 saturated heterocycles. The van der Waals surface area contributed by atoms with Crippen LogP contribution in [0.2, 0.25) is 0 Å². The Hall–Kier alpha value is -3.38. The molecule has 3 amide bonds. The van der Waals surface area contributed by atoms with Crippen LogP contribution in [0.5, 0.6) is 11.5 Å². The van der Waals surface area contributed by atoms with Crippen LogP contribution < -0.4 is 25.4 Å². The number of anilines is 3. The molecule has 1 aromatic heterocycles. The van der Waals surface area contributed by atoms with Crippen molar-refractivity contribution in [3.8, 4) is 11.5 Å². The molecule has 2 aromatic carbocycles. The lowest BCUT2D eigenvalue weighted by atomic mass is 10.3. The van der Waals surface area contributed by atoms with E-state index in [2.05, 4.69) is 26.1 Å². The summed E-state index contributed by atoms with van der Waals surface area (Å²) in [5.41, 5.74) is 1.04. The van der Waals surface area contributed by atoms with Crippen molar-refractivity contribution in [2.75, 3.05) is 28.5 Å². The van der Waals surface area contributed by atoms with Crippen molar-refractivity contribution >= 4 is 51.5 Å². The fraction of sp³-hybridized carbons (Fsp3) is 0.111. The topological polar surface area (TPSA) is 114 Å². The first kappa shape index (κ1) is 19.9. The van der Waals surface area contributed by atoms with Crippen LogP contribution in [0.1, 0.15) is 0 Å². The number of halogens is 1. The summed E-state index contributed by atoms with van der Waals surface area (Å²) in [6.45, 7) is 0.165. The van der Waals surface area contributed by atoms with Gasteiger partial charge in [-0.05, 0) is 36.4 Å². The van der Waals surface area contributed by atoms with Crippen LogP contribution >= 0.6 is 23.1 Å². The molecule has 0 aliphatic carbocycles. The number of hydrogen-bond donors (Lipinski definition) is 3. The Labute approximate surface area is 178 Å². The Morgan fingerprint density at radius 3 is 2.60 bits per heavy atom. The van der Waals surface area contributed by atoms with Gasteiger partial charge in [-0.15, -0.1) is 10.2 Å². The number of benzene rings is 2. The van der Waals surface area contributed by atoms with Crippen LogP contribution in [0.25, 0.3) is 0 Å². The molecule has 30 heavy (non-hydrogen) atoms. The normalized spacial score (nSPS) is 11.8. The van der Waals surface area contributed by atoms with Crippen molar-refractivity contribution in [1.82, 2.24) is 10.2 Å². The first-order valence-electron chi connectivity index (χ1n) is 8.54. The summed E-state index contributed by atoms with van der Waals surface area (Å²) in [4.78, 5) is 24.1. The number of nitrogens with one attached hydrogen (secondary N) is 3. The van der Waals surface area contributed by atoms with Crippen molar-refractivity contribution in [1.29, 1.82) is 0 Å². The highest BCUT2D eigenvalue weighted by Crippen LogP contribution is 2.34. The molecule has 0 fully saturated rings. The van der Waals surface area contributed by atoms with Crippen LogP contribution in [0, 0.1) is 5.82 Å². The van der Waals surface area contributed by atoms with Crippen molar-refractivity contribution in [2.45, 2.75) is 4.34 Å². The maximum absolute atomic E-state index is 12.9. The van der Waals surface area contributed by atoms with E-state index >= 15 is 0 Å². The summed E-state index contributed by atoms with van der Waals surface area (Å²) in [6.07, 6.45) is 0. The van der Waals surface area contributed by atoms with E-state index < -0.39 is 11.8 Å². The molecule has 0 bridgehead atoms. The van der Waals surface area contributed by atoms with Crippen LogP contribution in [0.3, 0.4) is 0 Å². The summed E-state index contributed by atoms with van der Waals surface area (Å²) in [5, 5.41) is 15.9. The fourth-order valence-electron chi connectivity index (χ4n) is 2.41. The van der Waals surface area contributed by atoms with Gasteiger partial charge in [0, 0.05) is 17.4 Å². The molecule has 0 radical (unpaired) electrons. The Kier molecular flexibility index (Phi) is 5.95. The summed E-state index contributed by atoms with van der Waals surface area (Å²) < 4.78 is 23.9. The molecule has 4 rings (SSSR count). The van der Waals surface area contributed by atoms with Crippen LogP contribution in [-0.4, -0.2) is 34.7 Å². The number of carbonyl (C=O) groups excluding carboxylic acids is 2. The summed E-state index contributed by atoms with van der Waals surface area (Å²) >= 11 is 2.32. The van der Waals surface area contributed by atoms with Crippen molar-refractivity contribution < 1.29 is 23.5 Å². The summed E-state index contributed by atoms with van der Waals surface area (Å²) in [5.74, 6) is 0.719. The standard InChI is InChI=1S/C18H14FN5O4S2/c19-10-1-3-11(4-2-10)21-16(26)22-17-23-24-18(30-17)29-8-15(25)20-12-5-6-13-14(7-12)28-9-27-13/h1-7H,8-9H2,(H,20,25)(H2,21,22,23,26).